The summed E-state index contributed by atoms with van der Waals surface area (Å²) in [7, 11) is 0. The van der Waals surface area contributed by atoms with Gasteiger partial charge >= 0.3 is 5.97 Å². The van der Waals surface area contributed by atoms with Gasteiger partial charge in [0.2, 0.25) is 5.91 Å². The first-order valence-electron chi connectivity index (χ1n) is 8.17. The Bertz CT molecular complexity index is 991. The standard InChI is InChI=1S/C18H18BrN5O3/c1-11-17(21-16(25)10-23-9-14(7-20-23)18(26)27)12(2)24(22-11)8-13-3-5-15(19)6-4-13/h3-7,9H,8,10H2,1-2H3,(H,21,25)(H,26,27). The Kier molecular flexibility index (Phi) is 5.41. The van der Waals surface area contributed by atoms with Crippen molar-refractivity contribution in [2.45, 2.75) is 26.9 Å². The first-order valence-corrected chi connectivity index (χ1v) is 8.97. The van der Waals surface area contributed by atoms with Crippen molar-refractivity contribution in [3.8, 4) is 0 Å². The number of aryl methyl sites for hydroxylation is 1. The number of carboxylic acid groups (broad SMARTS) is 1. The van der Waals surface area contributed by atoms with Crippen LogP contribution in [0.5, 0.6) is 0 Å². The van der Waals surface area contributed by atoms with Crippen LogP contribution in [0.1, 0.15) is 27.3 Å². The molecule has 3 rings (SSSR count). The van der Waals surface area contributed by atoms with E-state index in [4.69, 9.17) is 5.11 Å². The highest BCUT2D eigenvalue weighted by Gasteiger charge is 2.15. The maximum absolute atomic E-state index is 12.3. The summed E-state index contributed by atoms with van der Waals surface area (Å²) < 4.78 is 4.14. The number of hydrogen-bond acceptors (Lipinski definition) is 4. The molecule has 1 aromatic carbocycles. The Hall–Kier alpha value is -2.94. The molecule has 2 aromatic heterocycles. The fourth-order valence-electron chi connectivity index (χ4n) is 2.68. The number of aromatic carboxylic acids is 1. The van der Waals surface area contributed by atoms with Crippen LogP contribution >= 0.6 is 15.9 Å². The van der Waals surface area contributed by atoms with Gasteiger partial charge in [-0.2, -0.15) is 10.2 Å². The fourth-order valence-corrected chi connectivity index (χ4v) is 2.95. The molecule has 2 heterocycles. The number of benzene rings is 1. The van der Waals surface area contributed by atoms with Gasteiger partial charge in [0.1, 0.15) is 6.54 Å². The van der Waals surface area contributed by atoms with Crippen molar-refractivity contribution in [1.82, 2.24) is 19.6 Å². The van der Waals surface area contributed by atoms with Crippen LogP contribution in [-0.4, -0.2) is 36.5 Å². The molecule has 0 saturated carbocycles. The molecule has 3 aromatic rings. The van der Waals surface area contributed by atoms with E-state index in [1.54, 1.807) is 0 Å². The predicted octanol–water partition coefficient (Wildman–Crippen LogP) is 2.84. The number of nitrogens with one attached hydrogen (secondary N) is 1. The summed E-state index contributed by atoms with van der Waals surface area (Å²) >= 11 is 3.42. The van der Waals surface area contributed by atoms with Gasteiger partial charge in [0.05, 0.1) is 35.4 Å². The van der Waals surface area contributed by atoms with E-state index in [9.17, 15) is 9.59 Å². The number of halogens is 1. The largest absolute Gasteiger partial charge is 0.478 e. The second-order valence-corrected chi connectivity index (χ2v) is 7.03. The number of aromatic nitrogens is 4. The molecule has 0 radical (unpaired) electrons. The number of amides is 1. The number of carboxylic acids is 1. The molecule has 1 amide bonds. The molecule has 0 spiro atoms. The molecular weight excluding hydrogens is 414 g/mol. The van der Waals surface area contributed by atoms with Crippen LogP contribution < -0.4 is 5.32 Å². The molecule has 0 aliphatic rings. The van der Waals surface area contributed by atoms with Gasteiger partial charge in [-0.25, -0.2) is 4.79 Å². The molecule has 0 unspecified atom stereocenters. The van der Waals surface area contributed by atoms with E-state index in [1.807, 2.05) is 42.8 Å². The van der Waals surface area contributed by atoms with Crippen molar-refractivity contribution in [3.05, 3.63) is 63.6 Å². The third-order valence-corrected chi connectivity index (χ3v) is 4.61. The number of nitrogens with zero attached hydrogens (tertiary/aromatic N) is 4. The minimum atomic E-state index is -1.08. The highest BCUT2D eigenvalue weighted by Crippen LogP contribution is 2.21. The maximum atomic E-state index is 12.3. The van der Waals surface area contributed by atoms with Gasteiger partial charge in [0, 0.05) is 10.7 Å². The van der Waals surface area contributed by atoms with Crippen molar-refractivity contribution >= 4 is 33.5 Å². The Labute approximate surface area is 163 Å². The van der Waals surface area contributed by atoms with E-state index in [-0.39, 0.29) is 18.0 Å². The van der Waals surface area contributed by atoms with E-state index < -0.39 is 5.97 Å². The molecule has 0 bridgehead atoms. The Morgan fingerprint density at radius 3 is 2.56 bits per heavy atom. The molecule has 0 aliphatic heterocycles. The van der Waals surface area contributed by atoms with Crippen LogP contribution in [0.3, 0.4) is 0 Å². The number of carbonyl (C=O) groups is 2. The van der Waals surface area contributed by atoms with Crippen molar-refractivity contribution in [3.63, 3.8) is 0 Å². The van der Waals surface area contributed by atoms with E-state index in [2.05, 4.69) is 31.4 Å². The third kappa shape index (κ3) is 4.43. The summed E-state index contributed by atoms with van der Waals surface area (Å²) in [6.07, 6.45) is 2.53. The molecule has 0 aliphatic carbocycles. The molecule has 27 heavy (non-hydrogen) atoms. The average molecular weight is 432 g/mol. The summed E-state index contributed by atoms with van der Waals surface area (Å²) in [4.78, 5) is 23.2. The molecule has 0 saturated heterocycles. The molecule has 0 atom stereocenters. The highest BCUT2D eigenvalue weighted by atomic mass is 79.9. The minimum absolute atomic E-state index is 0.0393. The predicted molar refractivity (Wildman–Crippen MR) is 103 cm³/mol. The summed E-state index contributed by atoms with van der Waals surface area (Å²) in [5.41, 5.74) is 3.35. The molecular formula is C18H18BrN5O3. The van der Waals surface area contributed by atoms with Crippen molar-refractivity contribution in [1.29, 1.82) is 0 Å². The first kappa shape index (κ1) is 18.8. The van der Waals surface area contributed by atoms with E-state index in [0.29, 0.717) is 17.9 Å². The van der Waals surface area contributed by atoms with E-state index >= 15 is 0 Å². The molecule has 8 nitrogen and oxygen atoms in total. The van der Waals surface area contributed by atoms with Crippen LogP contribution in [-0.2, 0) is 17.9 Å². The number of carbonyl (C=O) groups excluding carboxylic acids is 1. The van der Waals surface area contributed by atoms with Gasteiger partial charge in [-0.1, -0.05) is 28.1 Å². The smallest absolute Gasteiger partial charge is 0.338 e. The highest BCUT2D eigenvalue weighted by molar-refractivity contribution is 9.10. The van der Waals surface area contributed by atoms with Crippen molar-refractivity contribution in [2.24, 2.45) is 0 Å². The van der Waals surface area contributed by atoms with Crippen LogP contribution in [0, 0.1) is 13.8 Å². The van der Waals surface area contributed by atoms with Crippen LogP contribution in [0.4, 0.5) is 5.69 Å². The zero-order valence-electron chi connectivity index (χ0n) is 14.8. The number of hydrogen-bond donors (Lipinski definition) is 2. The fraction of sp³-hybridized carbons (Fsp3) is 0.222. The zero-order valence-corrected chi connectivity index (χ0v) is 16.4. The second kappa shape index (κ2) is 7.75. The van der Waals surface area contributed by atoms with Gasteiger partial charge in [-0.15, -0.1) is 0 Å². The summed E-state index contributed by atoms with van der Waals surface area (Å²) in [5, 5.41) is 20.1. The molecule has 9 heteroatoms. The molecule has 2 N–H and O–H groups in total. The quantitative estimate of drug-likeness (QED) is 0.624. The summed E-state index contributed by atoms with van der Waals surface area (Å²) in [5.74, 6) is -1.38. The second-order valence-electron chi connectivity index (χ2n) is 6.11. The SMILES string of the molecule is Cc1nn(Cc2ccc(Br)cc2)c(C)c1NC(=O)Cn1cc(C(=O)O)cn1. The lowest BCUT2D eigenvalue weighted by Crippen LogP contribution is -2.20. The summed E-state index contributed by atoms with van der Waals surface area (Å²) in [6.45, 7) is 4.24. The Morgan fingerprint density at radius 2 is 1.93 bits per heavy atom. The van der Waals surface area contributed by atoms with Crippen molar-refractivity contribution in [2.75, 3.05) is 5.32 Å². The van der Waals surface area contributed by atoms with Gasteiger partial charge in [-0.05, 0) is 31.5 Å². The average Bonchev–Trinajstić information content (AvgIpc) is 3.18. The van der Waals surface area contributed by atoms with Gasteiger partial charge in [0.15, 0.2) is 0 Å². The minimum Gasteiger partial charge on any atom is -0.478 e. The van der Waals surface area contributed by atoms with Gasteiger partial charge in [0.25, 0.3) is 0 Å². The van der Waals surface area contributed by atoms with Crippen LogP contribution in [0.15, 0.2) is 41.1 Å². The first-order chi connectivity index (χ1) is 12.8. The topological polar surface area (TPSA) is 102 Å². The van der Waals surface area contributed by atoms with Gasteiger partial charge < -0.3 is 10.4 Å². The molecule has 140 valence electrons. The lowest BCUT2D eigenvalue weighted by molar-refractivity contribution is -0.116. The third-order valence-electron chi connectivity index (χ3n) is 4.08. The number of rotatable bonds is 6. The van der Waals surface area contributed by atoms with Crippen LogP contribution in [0.2, 0.25) is 0 Å². The molecule has 0 fully saturated rings. The lowest BCUT2D eigenvalue weighted by atomic mass is 10.2. The van der Waals surface area contributed by atoms with Gasteiger partial charge in [-0.3, -0.25) is 14.2 Å². The monoisotopic (exact) mass is 431 g/mol. The zero-order chi connectivity index (χ0) is 19.6. The maximum Gasteiger partial charge on any atom is 0.338 e. The van der Waals surface area contributed by atoms with Crippen molar-refractivity contribution < 1.29 is 14.7 Å². The Balaban J connectivity index is 1.70. The normalized spacial score (nSPS) is 10.8. The summed E-state index contributed by atoms with van der Waals surface area (Å²) in [6, 6.07) is 7.96. The Morgan fingerprint density at radius 1 is 1.22 bits per heavy atom. The van der Waals surface area contributed by atoms with Crippen LogP contribution in [0.25, 0.3) is 0 Å². The lowest BCUT2D eigenvalue weighted by Gasteiger charge is -2.08. The van der Waals surface area contributed by atoms with E-state index in [0.717, 1.165) is 15.7 Å². The number of anilines is 1. The van der Waals surface area contributed by atoms with E-state index in [1.165, 1.54) is 17.1 Å².